The van der Waals surface area contributed by atoms with Crippen molar-refractivity contribution in [1.29, 1.82) is 0 Å². The van der Waals surface area contributed by atoms with Gasteiger partial charge in [-0.15, -0.1) is 0 Å². The first-order valence-corrected chi connectivity index (χ1v) is 10.9. The summed E-state index contributed by atoms with van der Waals surface area (Å²) in [6.45, 7) is 4.45. The van der Waals surface area contributed by atoms with E-state index in [9.17, 15) is 13.2 Å². The van der Waals surface area contributed by atoms with Crippen LogP contribution in [0.15, 0.2) is 41.3 Å². The molecule has 1 heterocycles. The van der Waals surface area contributed by atoms with Crippen molar-refractivity contribution in [2.24, 2.45) is 5.92 Å². The van der Waals surface area contributed by atoms with Gasteiger partial charge in [0.2, 0.25) is 5.91 Å². The number of hydrogen-bond acceptors (Lipinski definition) is 3. The number of nitrogens with zero attached hydrogens (tertiary/aromatic N) is 1. The number of aryl methyl sites for hydroxylation is 2. The quantitative estimate of drug-likeness (QED) is 0.872. The monoisotopic (exact) mass is 384 g/mol. The van der Waals surface area contributed by atoms with Crippen LogP contribution < -0.4 is 9.62 Å². The number of carbonyl (C=O) groups is 1. The van der Waals surface area contributed by atoms with Crippen LogP contribution in [-0.2, 0) is 21.2 Å². The average molecular weight is 385 g/mol. The van der Waals surface area contributed by atoms with Crippen LogP contribution in [0.1, 0.15) is 36.0 Å². The van der Waals surface area contributed by atoms with Crippen LogP contribution >= 0.6 is 0 Å². The molecule has 27 heavy (non-hydrogen) atoms. The molecule has 0 saturated heterocycles. The predicted octanol–water partition coefficient (Wildman–Crippen LogP) is 3.79. The Kier molecular flexibility index (Phi) is 4.46. The molecule has 6 heteroatoms. The minimum atomic E-state index is -3.68. The summed E-state index contributed by atoms with van der Waals surface area (Å²) in [5, 5.41) is 0. The normalized spacial score (nSPS) is 16.7. The number of hydrogen-bond donors (Lipinski definition) is 1. The van der Waals surface area contributed by atoms with E-state index in [4.69, 9.17) is 0 Å². The molecule has 4 rings (SSSR count). The molecule has 2 aromatic carbocycles. The molecule has 1 aliphatic carbocycles. The molecule has 0 radical (unpaired) electrons. The van der Waals surface area contributed by atoms with Crippen LogP contribution in [0.5, 0.6) is 0 Å². The summed E-state index contributed by atoms with van der Waals surface area (Å²) in [7, 11) is -3.68. The van der Waals surface area contributed by atoms with Crippen molar-refractivity contribution < 1.29 is 13.2 Å². The number of fused-ring (bicyclic) bond motifs is 1. The predicted molar refractivity (Wildman–Crippen MR) is 107 cm³/mol. The highest BCUT2D eigenvalue weighted by molar-refractivity contribution is 7.92. The fraction of sp³-hybridized carbons (Fsp3) is 0.381. The lowest BCUT2D eigenvalue weighted by Crippen LogP contribution is -2.37. The Morgan fingerprint density at radius 1 is 1.11 bits per heavy atom. The Bertz CT molecular complexity index is 1010. The fourth-order valence-corrected chi connectivity index (χ4v) is 4.87. The summed E-state index contributed by atoms with van der Waals surface area (Å²) in [6, 6.07) is 10.8. The van der Waals surface area contributed by atoms with E-state index in [2.05, 4.69) is 4.72 Å². The van der Waals surface area contributed by atoms with Gasteiger partial charge in [0, 0.05) is 18.2 Å². The molecular weight excluding hydrogens is 360 g/mol. The fourth-order valence-electron chi connectivity index (χ4n) is 3.70. The topological polar surface area (TPSA) is 66.5 Å². The molecule has 1 fully saturated rings. The third-order valence-corrected chi connectivity index (χ3v) is 6.98. The molecule has 5 nitrogen and oxygen atoms in total. The van der Waals surface area contributed by atoms with E-state index >= 15 is 0 Å². The van der Waals surface area contributed by atoms with Gasteiger partial charge in [-0.25, -0.2) is 8.42 Å². The molecule has 1 saturated carbocycles. The standard InChI is InChI=1S/C21H24N2O3S/c1-14-6-7-15(2)19(12-14)22-27(25,26)18-8-9-20-17(13-18)10-11-23(20)21(24)16-4-3-5-16/h6-9,12-13,16,22H,3-5,10-11H2,1-2H3. The first-order valence-electron chi connectivity index (χ1n) is 9.39. The van der Waals surface area contributed by atoms with Gasteiger partial charge in [0.1, 0.15) is 0 Å². The maximum absolute atomic E-state index is 12.9. The minimum absolute atomic E-state index is 0.144. The lowest BCUT2D eigenvalue weighted by molar-refractivity contribution is -0.124. The highest BCUT2D eigenvalue weighted by Gasteiger charge is 2.33. The van der Waals surface area contributed by atoms with Gasteiger partial charge in [-0.2, -0.15) is 0 Å². The number of nitrogens with one attached hydrogen (secondary N) is 1. The zero-order chi connectivity index (χ0) is 19.2. The number of sulfonamides is 1. The Balaban J connectivity index is 1.60. The number of anilines is 2. The molecular formula is C21H24N2O3S. The Morgan fingerprint density at radius 3 is 2.59 bits per heavy atom. The third kappa shape index (κ3) is 3.34. The summed E-state index contributed by atoms with van der Waals surface area (Å²) in [6.07, 6.45) is 3.76. The van der Waals surface area contributed by atoms with Gasteiger partial charge in [0.05, 0.1) is 10.6 Å². The van der Waals surface area contributed by atoms with Crippen LogP contribution in [0, 0.1) is 19.8 Å². The zero-order valence-electron chi connectivity index (χ0n) is 15.7. The number of benzene rings is 2. The minimum Gasteiger partial charge on any atom is -0.312 e. The molecule has 2 aliphatic rings. The summed E-state index contributed by atoms with van der Waals surface area (Å²) in [4.78, 5) is 14.6. The molecule has 142 valence electrons. The lowest BCUT2D eigenvalue weighted by atomic mass is 9.84. The van der Waals surface area contributed by atoms with Gasteiger partial charge in [0.15, 0.2) is 0 Å². The van der Waals surface area contributed by atoms with Gasteiger partial charge < -0.3 is 4.90 Å². The Hall–Kier alpha value is -2.34. The zero-order valence-corrected chi connectivity index (χ0v) is 16.5. The summed E-state index contributed by atoms with van der Waals surface area (Å²) < 4.78 is 28.4. The SMILES string of the molecule is Cc1ccc(C)c(NS(=O)(=O)c2ccc3c(c2)CCN3C(=O)C2CCC2)c1. The van der Waals surface area contributed by atoms with Gasteiger partial charge in [-0.3, -0.25) is 9.52 Å². The molecule has 1 amide bonds. The van der Waals surface area contributed by atoms with Gasteiger partial charge >= 0.3 is 0 Å². The summed E-state index contributed by atoms with van der Waals surface area (Å²) in [5.41, 5.74) is 4.25. The largest absolute Gasteiger partial charge is 0.312 e. The van der Waals surface area contributed by atoms with E-state index in [-0.39, 0.29) is 16.7 Å². The molecule has 2 aromatic rings. The molecule has 1 N–H and O–H groups in total. The summed E-state index contributed by atoms with van der Waals surface area (Å²) >= 11 is 0. The Morgan fingerprint density at radius 2 is 1.89 bits per heavy atom. The van der Waals surface area contributed by atoms with Crippen molar-refractivity contribution in [3.05, 3.63) is 53.1 Å². The molecule has 0 aromatic heterocycles. The van der Waals surface area contributed by atoms with Crippen LogP contribution in [0.2, 0.25) is 0 Å². The van der Waals surface area contributed by atoms with Crippen molar-refractivity contribution in [2.75, 3.05) is 16.2 Å². The average Bonchev–Trinajstić information content (AvgIpc) is 2.99. The van der Waals surface area contributed by atoms with Crippen LogP contribution in [0.4, 0.5) is 11.4 Å². The second-order valence-electron chi connectivity index (χ2n) is 7.58. The molecule has 0 unspecified atom stereocenters. The van der Waals surface area contributed by atoms with Gasteiger partial charge in [-0.1, -0.05) is 18.6 Å². The number of amides is 1. The number of rotatable bonds is 4. The highest BCUT2D eigenvalue weighted by atomic mass is 32.2. The first kappa shape index (κ1) is 18.0. The smallest absolute Gasteiger partial charge is 0.261 e. The molecule has 0 atom stereocenters. The van der Waals surface area contributed by atoms with Crippen molar-refractivity contribution in [3.63, 3.8) is 0 Å². The van der Waals surface area contributed by atoms with E-state index in [1.165, 1.54) is 0 Å². The van der Waals surface area contributed by atoms with Crippen molar-refractivity contribution in [1.82, 2.24) is 0 Å². The second kappa shape index (κ2) is 6.68. The van der Waals surface area contributed by atoms with Crippen molar-refractivity contribution in [3.8, 4) is 0 Å². The van der Waals surface area contributed by atoms with Gasteiger partial charge in [0.25, 0.3) is 10.0 Å². The van der Waals surface area contributed by atoms with E-state index in [1.54, 1.807) is 18.2 Å². The maximum atomic E-state index is 12.9. The van der Waals surface area contributed by atoms with Crippen LogP contribution in [-0.4, -0.2) is 20.9 Å². The number of carbonyl (C=O) groups excluding carboxylic acids is 1. The van der Waals surface area contributed by atoms with Crippen molar-refractivity contribution >= 4 is 27.3 Å². The second-order valence-corrected chi connectivity index (χ2v) is 9.26. The molecule has 0 bridgehead atoms. The van der Waals surface area contributed by atoms with Crippen LogP contribution in [0.3, 0.4) is 0 Å². The summed E-state index contributed by atoms with van der Waals surface area (Å²) in [5.74, 6) is 0.328. The molecule has 0 spiro atoms. The molecule has 1 aliphatic heterocycles. The Labute approximate surface area is 160 Å². The van der Waals surface area contributed by atoms with Gasteiger partial charge in [-0.05, 0) is 74.1 Å². The first-order chi connectivity index (χ1) is 12.8. The van der Waals surface area contributed by atoms with Crippen molar-refractivity contribution in [2.45, 2.75) is 44.4 Å². The van der Waals surface area contributed by atoms with E-state index < -0.39 is 10.0 Å². The van der Waals surface area contributed by atoms with E-state index in [0.29, 0.717) is 18.7 Å². The van der Waals surface area contributed by atoms with E-state index in [1.807, 2.05) is 36.9 Å². The lowest BCUT2D eigenvalue weighted by Gasteiger charge is -2.29. The van der Waals surface area contributed by atoms with E-state index in [0.717, 1.165) is 41.6 Å². The van der Waals surface area contributed by atoms with Crippen LogP contribution in [0.25, 0.3) is 0 Å². The maximum Gasteiger partial charge on any atom is 0.261 e. The highest BCUT2D eigenvalue weighted by Crippen LogP contribution is 2.35. The third-order valence-electron chi connectivity index (χ3n) is 5.61.